The maximum absolute atomic E-state index is 14.0. The summed E-state index contributed by atoms with van der Waals surface area (Å²) in [5.74, 6) is 0.622. The monoisotopic (exact) mass is 439 g/mol. The van der Waals surface area contributed by atoms with Crippen LogP contribution in [0.4, 0.5) is 10.1 Å². The molecule has 3 aromatic rings. The molecule has 1 N–H and O–H groups in total. The number of benzene rings is 3. The van der Waals surface area contributed by atoms with Crippen molar-refractivity contribution in [3.63, 3.8) is 0 Å². The van der Waals surface area contributed by atoms with Gasteiger partial charge in [-0.25, -0.2) is 4.39 Å². The number of halogens is 4. The SMILES string of the molecule is COc1cccc(CNc2cc(Cl)cc(Cl)c2)c1OCc1c(F)cccc1Cl. The lowest BCUT2D eigenvalue weighted by Gasteiger charge is -2.17. The van der Waals surface area contributed by atoms with Gasteiger partial charge < -0.3 is 14.8 Å². The lowest BCUT2D eigenvalue weighted by molar-refractivity contribution is 0.277. The highest BCUT2D eigenvalue weighted by atomic mass is 35.5. The third-order valence-corrected chi connectivity index (χ3v) is 4.84. The molecule has 0 radical (unpaired) electrons. The summed E-state index contributed by atoms with van der Waals surface area (Å²) in [5, 5.41) is 4.63. The Kier molecular flexibility index (Phi) is 6.89. The van der Waals surface area contributed by atoms with Crippen molar-refractivity contribution in [2.45, 2.75) is 13.2 Å². The van der Waals surface area contributed by atoms with Gasteiger partial charge in [-0.15, -0.1) is 0 Å². The lowest BCUT2D eigenvalue weighted by Crippen LogP contribution is -2.06. The Morgan fingerprint density at radius 2 is 1.68 bits per heavy atom. The van der Waals surface area contributed by atoms with Gasteiger partial charge in [-0.2, -0.15) is 0 Å². The summed E-state index contributed by atoms with van der Waals surface area (Å²) in [4.78, 5) is 0. The van der Waals surface area contributed by atoms with Crippen molar-refractivity contribution < 1.29 is 13.9 Å². The first-order chi connectivity index (χ1) is 13.5. The number of hydrogen-bond acceptors (Lipinski definition) is 3. The van der Waals surface area contributed by atoms with Crippen LogP contribution in [0.1, 0.15) is 11.1 Å². The minimum Gasteiger partial charge on any atom is -0.493 e. The quantitative estimate of drug-likeness (QED) is 0.429. The molecule has 0 aliphatic heterocycles. The van der Waals surface area contributed by atoms with Gasteiger partial charge in [0.15, 0.2) is 11.5 Å². The fraction of sp³-hybridized carbons (Fsp3) is 0.143. The third-order valence-electron chi connectivity index (χ3n) is 4.05. The Morgan fingerprint density at radius 1 is 0.964 bits per heavy atom. The van der Waals surface area contributed by atoms with Gasteiger partial charge in [-0.1, -0.05) is 53.0 Å². The molecule has 0 bridgehead atoms. The maximum atomic E-state index is 14.0. The molecule has 0 saturated carbocycles. The molecule has 0 saturated heterocycles. The van der Waals surface area contributed by atoms with Crippen LogP contribution in [0.5, 0.6) is 11.5 Å². The van der Waals surface area contributed by atoms with E-state index in [1.54, 1.807) is 43.5 Å². The normalized spacial score (nSPS) is 10.6. The highest BCUT2D eigenvalue weighted by Crippen LogP contribution is 2.33. The molecule has 0 unspecified atom stereocenters. The van der Waals surface area contributed by atoms with E-state index >= 15 is 0 Å². The molecule has 0 aliphatic rings. The molecule has 3 aromatic carbocycles. The van der Waals surface area contributed by atoms with Crippen LogP contribution in [0.25, 0.3) is 0 Å². The molecule has 0 aliphatic carbocycles. The lowest BCUT2D eigenvalue weighted by atomic mass is 10.1. The van der Waals surface area contributed by atoms with E-state index in [2.05, 4.69) is 5.32 Å². The van der Waals surface area contributed by atoms with Gasteiger partial charge in [0.25, 0.3) is 0 Å². The number of ether oxygens (including phenoxy) is 2. The molecule has 0 fully saturated rings. The molecule has 3 rings (SSSR count). The van der Waals surface area contributed by atoms with Crippen LogP contribution in [0.15, 0.2) is 54.6 Å². The average Bonchev–Trinajstić information content (AvgIpc) is 2.65. The molecule has 28 heavy (non-hydrogen) atoms. The van der Waals surface area contributed by atoms with Crippen molar-refractivity contribution in [3.05, 3.63) is 86.6 Å². The van der Waals surface area contributed by atoms with Gasteiger partial charge in [0.2, 0.25) is 0 Å². The average molecular weight is 441 g/mol. The molecular formula is C21H17Cl3FNO2. The first-order valence-electron chi connectivity index (χ1n) is 8.39. The topological polar surface area (TPSA) is 30.5 Å². The Labute approximate surface area is 177 Å². The second kappa shape index (κ2) is 9.37. The van der Waals surface area contributed by atoms with E-state index < -0.39 is 5.82 Å². The highest BCUT2D eigenvalue weighted by molar-refractivity contribution is 6.35. The standard InChI is InChI=1S/C21H17Cl3FNO2/c1-27-20-7-2-4-13(11-26-16-9-14(22)8-15(23)10-16)21(20)28-12-17-18(24)5-3-6-19(17)25/h2-10,26H,11-12H2,1H3. The van der Waals surface area contributed by atoms with Crippen molar-refractivity contribution in [2.75, 3.05) is 12.4 Å². The van der Waals surface area contributed by atoms with Crippen molar-refractivity contribution in [3.8, 4) is 11.5 Å². The first-order valence-corrected chi connectivity index (χ1v) is 9.53. The van der Waals surface area contributed by atoms with E-state index in [0.29, 0.717) is 33.1 Å². The summed E-state index contributed by atoms with van der Waals surface area (Å²) < 4.78 is 25.4. The van der Waals surface area contributed by atoms with Crippen LogP contribution < -0.4 is 14.8 Å². The number of anilines is 1. The number of methoxy groups -OCH3 is 1. The zero-order valence-corrected chi connectivity index (χ0v) is 17.2. The van der Waals surface area contributed by atoms with Crippen LogP contribution in [-0.4, -0.2) is 7.11 Å². The van der Waals surface area contributed by atoms with E-state index in [9.17, 15) is 4.39 Å². The molecule has 0 aromatic heterocycles. The first kappa shape index (κ1) is 20.6. The summed E-state index contributed by atoms with van der Waals surface area (Å²) in [6.45, 7) is 0.399. The van der Waals surface area contributed by atoms with Gasteiger partial charge in [0, 0.05) is 33.4 Å². The van der Waals surface area contributed by atoms with Gasteiger partial charge in [0.1, 0.15) is 12.4 Å². The number of rotatable bonds is 7. The predicted molar refractivity (Wildman–Crippen MR) is 113 cm³/mol. The maximum Gasteiger partial charge on any atom is 0.166 e. The zero-order valence-electron chi connectivity index (χ0n) is 14.9. The van der Waals surface area contributed by atoms with Gasteiger partial charge in [-0.3, -0.25) is 0 Å². The molecule has 7 heteroatoms. The zero-order chi connectivity index (χ0) is 20.1. The van der Waals surface area contributed by atoms with Crippen LogP contribution in [-0.2, 0) is 13.2 Å². The van der Waals surface area contributed by atoms with Crippen molar-refractivity contribution in [2.24, 2.45) is 0 Å². The predicted octanol–water partition coefficient (Wildman–Crippen LogP) is 6.99. The minimum atomic E-state index is -0.421. The summed E-state index contributed by atoms with van der Waals surface area (Å²) in [5.41, 5.74) is 1.88. The Hall–Kier alpha value is -2.14. The number of hydrogen-bond donors (Lipinski definition) is 1. The van der Waals surface area contributed by atoms with E-state index in [0.717, 1.165) is 11.3 Å². The Morgan fingerprint density at radius 3 is 2.36 bits per heavy atom. The van der Waals surface area contributed by atoms with Crippen molar-refractivity contribution >= 4 is 40.5 Å². The molecule has 146 valence electrons. The second-order valence-corrected chi connectivity index (χ2v) is 7.23. The minimum absolute atomic E-state index is 0.0259. The van der Waals surface area contributed by atoms with Crippen LogP contribution in [0.3, 0.4) is 0 Å². The van der Waals surface area contributed by atoms with Gasteiger partial charge in [-0.05, 0) is 36.4 Å². The van der Waals surface area contributed by atoms with Gasteiger partial charge >= 0.3 is 0 Å². The molecule has 0 heterocycles. The second-order valence-electron chi connectivity index (χ2n) is 5.95. The van der Waals surface area contributed by atoms with Crippen molar-refractivity contribution in [1.29, 1.82) is 0 Å². The molecule has 0 atom stereocenters. The van der Waals surface area contributed by atoms with E-state index in [1.165, 1.54) is 6.07 Å². The van der Waals surface area contributed by atoms with E-state index in [-0.39, 0.29) is 12.2 Å². The fourth-order valence-electron chi connectivity index (χ4n) is 2.69. The summed E-state index contributed by atoms with van der Waals surface area (Å²) >= 11 is 18.2. The summed E-state index contributed by atoms with van der Waals surface area (Å²) in [7, 11) is 1.55. The molecule has 3 nitrogen and oxygen atoms in total. The summed E-state index contributed by atoms with van der Waals surface area (Å²) in [6, 6.07) is 15.2. The highest BCUT2D eigenvalue weighted by Gasteiger charge is 2.14. The van der Waals surface area contributed by atoms with Crippen LogP contribution in [0.2, 0.25) is 15.1 Å². The molecule has 0 amide bonds. The number of nitrogens with one attached hydrogen (secondary N) is 1. The largest absolute Gasteiger partial charge is 0.493 e. The Balaban J connectivity index is 1.82. The van der Waals surface area contributed by atoms with Gasteiger partial charge in [0.05, 0.1) is 12.1 Å². The van der Waals surface area contributed by atoms with E-state index in [4.69, 9.17) is 44.3 Å². The van der Waals surface area contributed by atoms with Crippen molar-refractivity contribution in [1.82, 2.24) is 0 Å². The molecule has 0 spiro atoms. The van der Waals surface area contributed by atoms with E-state index in [1.807, 2.05) is 12.1 Å². The van der Waals surface area contributed by atoms with Crippen LogP contribution in [0, 0.1) is 5.82 Å². The molecular weight excluding hydrogens is 424 g/mol. The number of para-hydroxylation sites is 1. The van der Waals surface area contributed by atoms with Crippen LogP contribution >= 0.6 is 34.8 Å². The smallest absolute Gasteiger partial charge is 0.166 e. The summed E-state index contributed by atoms with van der Waals surface area (Å²) in [6.07, 6.45) is 0. The third kappa shape index (κ3) is 5.02. The fourth-order valence-corrected chi connectivity index (χ4v) is 3.44. The Bertz CT molecular complexity index is 941.